The van der Waals surface area contributed by atoms with Gasteiger partial charge in [-0.2, -0.15) is 0 Å². The second-order valence-electron chi connectivity index (χ2n) is 4.49. The lowest BCUT2D eigenvalue weighted by Gasteiger charge is -2.09. The molecule has 0 saturated carbocycles. The summed E-state index contributed by atoms with van der Waals surface area (Å²) in [5.74, 6) is -2.29. The first kappa shape index (κ1) is 15.0. The Kier molecular flexibility index (Phi) is 4.52. The number of hydrogen-bond donors (Lipinski definition) is 1. The van der Waals surface area contributed by atoms with Gasteiger partial charge in [0.2, 0.25) is 0 Å². The van der Waals surface area contributed by atoms with Gasteiger partial charge in [-0.1, -0.05) is 13.0 Å². The summed E-state index contributed by atoms with van der Waals surface area (Å²) in [6, 6.07) is 7.44. The molecule has 5 heteroatoms. The van der Waals surface area contributed by atoms with Crippen LogP contribution in [0.5, 0.6) is 5.75 Å². The lowest BCUT2D eigenvalue weighted by molar-refractivity contribution is 0.0697. The molecule has 2 rings (SSSR count). The maximum atomic E-state index is 13.9. The van der Waals surface area contributed by atoms with Crippen LogP contribution < -0.4 is 4.74 Å². The van der Waals surface area contributed by atoms with Gasteiger partial charge in [-0.3, -0.25) is 0 Å². The maximum absolute atomic E-state index is 13.9. The van der Waals surface area contributed by atoms with Crippen molar-refractivity contribution in [2.45, 2.75) is 13.3 Å². The molecule has 1 N–H and O–H groups in total. The molecule has 21 heavy (non-hydrogen) atoms. The summed E-state index contributed by atoms with van der Waals surface area (Å²) >= 11 is 0. The third-order valence-electron chi connectivity index (χ3n) is 2.92. The Morgan fingerprint density at radius 3 is 2.52 bits per heavy atom. The van der Waals surface area contributed by atoms with E-state index >= 15 is 0 Å². The van der Waals surface area contributed by atoms with E-state index in [1.54, 1.807) is 0 Å². The normalized spacial score (nSPS) is 10.4. The highest BCUT2D eigenvalue weighted by Crippen LogP contribution is 2.28. The van der Waals surface area contributed by atoms with Gasteiger partial charge in [0.15, 0.2) is 11.6 Å². The number of carbonyl (C=O) groups is 1. The third kappa shape index (κ3) is 3.37. The predicted molar refractivity (Wildman–Crippen MR) is 74.5 cm³/mol. The lowest BCUT2D eigenvalue weighted by Crippen LogP contribution is -1.99. The number of halogens is 2. The molecular weight excluding hydrogens is 278 g/mol. The van der Waals surface area contributed by atoms with Crippen molar-refractivity contribution in [2.75, 3.05) is 6.61 Å². The summed E-state index contributed by atoms with van der Waals surface area (Å²) in [4.78, 5) is 10.9. The van der Waals surface area contributed by atoms with E-state index in [2.05, 4.69) is 0 Å². The van der Waals surface area contributed by atoms with E-state index in [1.165, 1.54) is 18.2 Å². The van der Waals surface area contributed by atoms with Crippen LogP contribution >= 0.6 is 0 Å². The van der Waals surface area contributed by atoms with Crippen molar-refractivity contribution in [3.63, 3.8) is 0 Å². The molecule has 3 nitrogen and oxygen atoms in total. The number of aromatic carboxylic acids is 1. The van der Waals surface area contributed by atoms with E-state index in [-0.39, 0.29) is 22.4 Å². The number of hydrogen-bond acceptors (Lipinski definition) is 2. The third-order valence-corrected chi connectivity index (χ3v) is 2.92. The predicted octanol–water partition coefficient (Wildman–Crippen LogP) is 4.12. The SMILES string of the molecule is CCCOc1ccc(-c2cc(C(=O)O)ccc2F)cc1F. The van der Waals surface area contributed by atoms with Crippen molar-refractivity contribution in [3.8, 4) is 16.9 Å². The molecule has 0 amide bonds. The molecule has 0 aliphatic carbocycles. The smallest absolute Gasteiger partial charge is 0.335 e. The van der Waals surface area contributed by atoms with Gasteiger partial charge in [-0.25, -0.2) is 13.6 Å². The van der Waals surface area contributed by atoms with Crippen LogP contribution in [0.4, 0.5) is 8.78 Å². The topological polar surface area (TPSA) is 46.5 Å². The second kappa shape index (κ2) is 6.35. The molecule has 110 valence electrons. The van der Waals surface area contributed by atoms with Crippen LogP contribution in [0, 0.1) is 11.6 Å². The molecular formula is C16H14F2O3. The fourth-order valence-corrected chi connectivity index (χ4v) is 1.88. The van der Waals surface area contributed by atoms with Gasteiger partial charge >= 0.3 is 5.97 Å². The fraction of sp³-hybridized carbons (Fsp3) is 0.188. The Morgan fingerprint density at radius 1 is 1.14 bits per heavy atom. The molecule has 0 bridgehead atoms. The van der Waals surface area contributed by atoms with Gasteiger partial charge in [0.1, 0.15) is 5.82 Å². The zero-order valence-electron chi connectivity index (χ0n) is 11.4. The van der Waals surface area contributed by atoms with Crippen LogP contribution in [0.15, 0.2) is 36.4 Å². The number of rotatable bonds is 5. The lowest BCUT2D eigenvalue weighted by atomic mass is 10.0. The fourth-order valence-electron chi connectivity index (χ4n) is 1.88. The van der Waals surface area contributed by atoms with Crippen LogP contribution in [0.1, 0.15) is 23.7 Å². The minimum atomic E-state index is -1.17. The van der Waals surface area contributed by atoms with Crippen LogP contribution in [-0.4, -0.2) is 17.7 Å². The van der Waals surface area contributed by atoms with Gasteiger partial charge in [0.25, 0.3) is 0 Å². The molecule has 0 heterocycles. The highest BCUT2D eigenvalue weighted by molar-refractivity contribution is 5.89. The van der Waals surface area contributed by atoms with Gasteiger partial charge in [-0.15, -0.1) is 0 Å². The van der Waals surface area contributed by atoms with E-state index in [1.807, 2.05) is 6.92 Å². The molecule has 0 atom stereocenters. The molecule has 0 aromatic heterocycles. The molecule has 0 aliphatic heterocycles. The maximum Gasteiger partial charge on any atom is 0.335 e. The van der Waals surface area contributed by atoms with Crippen molar-refractivity contribution in [1.82, 2.24) is 0 Å². The molecule has 0 radical (unpaired) electrons. The first-order valence-corrected chi connectivity index (χ1v) is 6.48. The van der Waals surface area contributed by atoms with Crippen molar-refractivity contribution in [3.05, 3.63) is 53.6 Å². The first-order chi connectivity index (χ1) is 10.0. The standard InChI is InChI=1S/C16H14F2O3/c1-2-7-21-15-6-4-10(9-14(15)18)12-8-11(16(19)20)3-5-13(12)17/h3-6,8-9H,2,7H2,1H3,(H,19,20). The molecule has 0 unspecified atom stereocenters. The van der Waals surface area contributed by atoms with E-state index in [0.29, 0.717) is 6.61 Å². The van der Waals surface area contributed by atoms with Crippen molar-refractivity contribution in [1.29, 1.82) is 0 Å². The summed E-state index contributed by atoms with van der Waals surface area (Å²) in [5.41, 5.74) is 0.242. The summed E-state index contributed by atoms with van der Waals surface area (Å²) < 4.78 is 32.9. The molecule has 2 aromatic rings. The van der Waals surface area contributed by atoms with Gasteiger partial charge in [0.05, 0.1) is 12.2 Å². The first-order valence-electron chi connectivity index (χ1n) is 6.48. The zero-order chi connectivity index (χ0) is 15.4. The van der Waals surface area contributed by atoms with E-state index in [4.69, 9.17) is 9.84 Å². The quantitative estimate of drug-likeness (QED) is 0.901. The highest BCUT2D eigenvalue weighted by atomic mass is 19.1. The average Bonchev–Trinajstić information content (AvgIpc) is 2.46. The summed E-state index contributed by atoms with van der Waals surface area (Å²) in [5, 5.41) is 8.93. The summed E-state index contributed by atoms with van der Waals surface area (Å²) in [7, 11) is 0. The largest absolute Gasteiger partial charge is 0.491 e. The highest BCUT2D eigenvalue weighted by Gasteiger charge is 2.12. The summed E-state index contributed by atoms with van der Waals surface area (Å²) in [6.07, 6.45) is 0.747. The molecule has 2 aromatic carbocycles. The van der Waals surface area contributed by atoms with Gasteiger partial charge in [0, 0.05) is 5.56 Å². The minimum Gasteiger partial charge on any atom is -0.491 e. The minimum absolute atomic E-state index is 0.0378. The number of benzene rings is 2. The monoisotopic (exact) mass is 292 g/mol. The Morgan fingerprint density at radius 2 is 1.90 bits per heavy atom. The Labute approximate surface area is 120 Å². The Balaban J connectivity index is 2.40. The molecule has 0 saturated heterocycles. The number of ether oxygens (including phenoxy) is 1. The van der Waals surface area contributed by atoms with Gasteiger partial charge < -0.3 is 9.84 Å². The van der Waals surface area contributed by atoms with Crippen molar-refractivity contribution < 1.29 is 23.4 Å². The van der Waals surface area contributed by atoms with Crippen molar-refractivity contribution >= 4 is 5.97 Å². The Hall–Kier alpha value is -2.43. The number of carboxylic acids is 1. The van der Waals surface area contributed by atoms with E-state index < -0.39 is 17.6 Å². The van der Waals surface area contributed by atoms with Crippen LogP contribution in [0.25, 0.3) is 11.1 Å². The van der Waals surface area contributed by atoms with E-state index in [9.17, 15) is 13.6 Å². The van der Waals surface area contributed by atoms with E-state index in [0.717, 1.165) is 24.6 Å². The summed E-state index contributed by atoms with van der Waals surface area (Å²) in [6.45, 7) is 2.29. The van der Waals surface area contributed by atoms with Crippen molar-refractivity contribution in [2.24, 2.45) is 0 Å². The van der Waals surface area contributed by atoms with Crippen LogP contribution in [-0.2, 0) is 0 Å². The second-order valence-corrected chi connectivity index (χ2v) is 4.49. The Bertz CT molecular complexity index is 669. The van der Waals surface area contributed by atoms with Gasteiger partial charge in [-0.05, 0) is 42.3 Å². The molecule has 0 aliphatic rings. The van der Waals surface area contributed by atoms with Crippen LogP contribution in [0.2, 0.25) is 0 Å². The molecule has 0 spiro atoms. The zero-order valence-corrected chi connectivity index (χ0v) is 11.4. The van der Waals surface area contributed by atoms with Crippen LogP contribution in [0.3, 0.4) is 0 Å². The average molecular weight is 292 g/mol. The number of carboxylic acid groups (broad SMARTS) is 1. The molecule has 0 fully saturated rings.